The third kappa shape index (κ3) is 2.73. The lowest BCUT2D eigenvalue weighted by molar-refractivity contribution is 0.0528. The van der Waals surface area contributed by atoms with Crippen LogP contribution in [0.4, 0.5) is 5.82 Å². The van der Waals surface area contributed by atoms with Gasteiger partial charge in [0.15, 0.2) is 11.5 Å². The summed E-state index contributed by atoms with van der Waals surface area (Å²) in [7, 11) is 1.49. The number of hydrogen-bond donors (Lipinski definition) is 2. The third-order valence-electron chi connectivity index (χ3n) is 5.94. The van der Waals surface area contributed by atoms with Crippen LogP contribution in [0.15, 0.2) is 42.5 Å². The number of nitrogens with one attached hydrogen (secondary N) is 1. The molecule has 0 spiro atoms. The number of fused-ring (bicyclic) bond motifs is 5. The van der Waals surface area contributed by atoms with Gasteiger partial charge in [-0.3, -0.25) is 0 Å². The van der Waals surface area contributed by atoms with Gasteiger partial charge < -0.3 is 19.9 Å². The monoisotopic (exact) mass is 405 g/mol. The third-order valence-corrected chi connectivity index (χ3v) is 5.94. The van der Waals surface area contributed by atoms with Gasteiger partial charge in [-0.05, 0) is 42.7 Å². The van der Waals surface area contributed by atoms with Crippen LogP contribution >= 0.6 is 0 Å². The molecule has 2 aromatic carbocycles. The highest BCUT2D eigenvalue weighted by Gasteiger charge is 2.41. The minimum Gasteiger partial charge on any atom is -0.504 e. The van der Waals surface area contributed by atoms with E-state index >= 15 is 0 Å². The van der Waals surface area contributed by atoms with Crippen molar-refractivity contribution in [2.75, 3.05) is 25.6 Å². The standard InChI is InChI=1S/C23H23N3O4/c1-3-30-23(28)19-20(14-8-9-17(27)18(11-14)29-2)25-26-21-15(12-24-22(19)26)10-13-6-4-5-7-16(13)21/h4-9,11,15,21,24,27H,3,10,12H2,1-2H3. The van der Waals surface area contributed by atoms with Crippen molar-refractivity contribution in [2.45, 2.75) is 19.4 Å². The summed E-state index contributed by atoms with van der Waals surface area (Å²) in [5.74, 6) is 0.981. The Morgan fingerprint density at radius 3 is 2.93 bits per heavy atom. The second-order valence-electron chi connectivity index (χ2n) is 7.61. The summed E-state index contributed by atoms with van der Waals surface area (Å²) in [5.41, 5.74) is 4.17. The first-order valence-electron chi connectivity index (χ1n) is 10.1. The molecule has 154 valence electrons. The van der Waals surface area contributed by atoms with Crippen molar-refractivity contribution >= 4 is 11.8 Å². The van der Waals surface area contributed by atoms with Crippen LogP contribution in [0.2, 0.25) is 0 Å². The molecule has 2 N–H and O–H groups in total. The predicted molar refractivity (Wildman–Crippen MR) is 112 cm³/mol. The molecule has 5 rings (SSSR count). The number of carbonyl (C=O) groups is 1. The Bertz CT molecular complexity index is 1140. The molecule has 0 radical (unpaired) electrons. The zero-order valence-electron chi connectivity index (χ0n) is 16.9. The predicted octanol–water partition coefficient (Wildman–Crippen LogP) is 3.63. The molecule has 1 aliphatic heterocycles. The summed E-state index contributed by atoms with van der Waals surface area (Å²) in [4.78, 5) is 12.9. The van der Waals surface area contributed by atoms with Gasteiger partial charge in [0.25, 0.3) is 0 Å². The van der Waals surface area contributed by atoms with Crippen molar-refractivity contribution in [2.24, 2.45) is 5.92 Å². The average molecular weight is 405 g/mol. The maximum Gasteiger partial charge on any atom is 0.344 e. The number of phenolic OH excluding ortho intramolecular Hbond substituents is 1. The van der Waals surface area contributed by atoms with Gasteiger partial charge in [-0.25, -0.2) is 9.48 Å². The number of esters is 1. The van der Waals surface area contributed by atoms with Crippen LogP contribution in [0, 0.1) is 5.92 Å². The van der Waals surface area contributed by atoms with E-state index in [0.29, 0.717) is 34.3 Å². The topological polar surface area (TPSA) is 85.6 Å². The van der Waals surface area contributed by atoms with Crippen LogP contribution in [-0.2, 0) is 11.2 Å². The number of methoxy groups -OCH3 is 1. The lowest BCUT2D eigenvalue weighted by Crippen LogP contribution is -2.32. The van der Waals surface area contributed by atoms with E-state index in [9.17, 15) is 9.90 Å². The fourth-order valence-electron chi connectivity index (χ4n) is 4.63. The van der Waals surface area contributed by atoms with Crippen molar-refractivity contribution in [1.29, 1.82) is 0 Å². The highest BCUT2D eigenvalue weighted by molar-refractivity contribution is 6.01. The number of nitrogens with zero attached hydrogens (tertiary/aromatic N) is 2. The summed E-state index contributed by atoms with van der Waals surface area (Å²) < 4.78 is 12.6. The van der Waals surface area contributed by atoms with Crippen LogP contribution in [0.3, 0.4) is 0 Å². The Hall–Kier alpha value is -3.48. The summed E-state index contributed by atoms with van der Waals surface area (Å²) in [6, 6.07) is 13.4. The van der Waals surface area contributed by atoms with Crippen LogP contribution in [0.5, 0.6) is 11.5 Å². The molecule has 1 aliphatic carbocycles. The van der Waals surface area contributed by atoms with Crippen molar-refractivity contribution in [3.05, 3.63) is 59.2 Å². The minimum absolute atomic E-state index is 0.0332. The molecule has 0 fully saturated rings. The smallest absolute Gasteiger partial charge is 0.344 e. The van der Waals surface area contributed by atoms with Gasteiger partial charge in [-0.15, -0.1) is 0 Å². The molecule has 30 heavy (non-hydrogen) atoms. The molecule has 0 amide bonds. The minimum atomic E-state index is -0.418. The highest BCUT2D eigenvalue weighted by atomic mass is 16.5. The van der Waals surface area contributed by atoms with E-state index in [1.165, 1.54) is 18.2 Å². The summed E-state index contributed by atoms with van der Waals surface area (Å²) in [5, 5.41) is 18.3. The van der Waals surface area contributed by atoms with Crippen LogP contribution in [-0.4, -0.2) is 41.1 Å². The van der Waals surface area contributed by atoms with E-state index in [2.05, 4.69) is 23.5 Å². The van der Waals surface area contributed by atoms with Crippen LogP contribution in [0.1, 0.15) is 34.5 Å². The van der Waals surface area contributed by atoms with E-state index in [-0.39, 0.29) is 18.4 Å². The van der Waals surface area contributed by atoms with Gasteiger partial charge >= 0.3 is 5.97 Å². The summed E-state index contributed by atoms with van der Waals surface area (Å²) >= 11 is 0. The first kappa shape index (κ1) is 18.5. The molecule has 0 saturated carbocycles. The van der Waals surface area contributed by atoms with Gasteiger partial charge in [0.2, 0.25) is 0 Å². The number of benzene rings is 2. The molecule has 3 aromatic rings. The number of hydrogen-bond acceptors (Lipinski definition) is 6. The van der Waals surface area contributed by atoms with Gasteiger partial charge in [-0.2, -0.15) is 5.10 Å². The van der Waals surface area contributed by atoms with E-state index in [0.717, 1.165) is 13.0 Å². The maximum atomic E-state index is 12.9. The van der Waals surface area contributed by atoms with Gasteiger partial charge in [0, 0.05) is 18.0 Å². The molecule has 2 heterocycles. The number of phenols is 1. The lowest BCUT2D eigenvalue weighted by atomic mass is 9.98. The molecule has 2 unspecified atom stereocenters. The Balaban J connectivity index is 1.70. The average Bonchev–Trinajstić information content (AvgIpc) is 3.32. The molecular weight excluding hydrogens is 382 g/mol. The van der Waals surface area contributed by atoms with Crippen molar-refractivity contribution in [3.8, 4) is 22.8 Å². The van der Waals surface area contributed by atoms with Gasteiger partial charge in [0.05, 0.1) is 19.8 Å². The van der Waals surface area contributed by atoms with Crippen molar-refractivity contribution in [3.63, 3.8) is 0 Å². The van der Waals surface area contributed by atoms with Crippen LogP contribution in [0.25, 0.3) is 11.3 Å². The molecule has 1 aromatic heterocycles. The number of aromatic hydroxyl groups is 1. The number of rotatable bonds is 4. The Labute approximate surface area is 174 Å². The number of ether oxygens (including phenoxy) is 2. The summed E-state index contributed by atoms with van der Waals surface area (Å²) in [6.07, 6.45) is 0.976. The molecule has 7 nitrogen and oxygen atoms in total. The van der Waals surface area contributed by atoms with Crippen molar-refractivity contribution in [1.82, 2.24) is 9.78 Å². The Morgan fingerprint density at radius 1 is 1.30 bits per heavy atom. The lowest BCUT2D eigenvalue weighted by Gasteiger charge is -2.29. The summed E-state index contributed by atoms with van der Waals surface area (Å²) in [6.45, 7) is 2.82. The Morgan fingerprint density at radius 2 is 2.13 bits per heavy atom. The number of anilines is 1. The maximum absolute atomic E-state index is 12.9. The molecule has 2 atom stereocenters. The fourth-order valence-corrected chi connectivity index (χ4v) is 4.63. The van der Waals surface area contributed by atoms with E-state index in [1.807, 2.05) is 10.7 Å². The SMILES string of the molecule is CCOC(=O)c1c(-c2ccc(O)c(OC)c2)nn2c1NCC1Cc3ccccc3C12. The molecule has 2 aliphatic rings. The number of carbonyl (C=O) groups excluding carboxylic acids is 1. The second kappa shape index (κ2) is 7.09. The van der Waals surface area contributed by atoms with E-state index in [1.54, 1.807) is 25.1 Å². The highest BCUT2D eigenvalue weighted by Crippen LogP contribution is 2.46. The molecule has 0 bridgehead atoms. The molecular formula is C23H23N3O4. The fraction of sp³-hybridized carbons (Fsp3) is 0.304. The van der Waals surface area contributed by atoms with E-state index in [4.69, 9.17) is 14.6 Å². The van der Waals surface area contributed by atoms with Gasteiger partial charge in [0.1, 0.15) is 17.1 Å². The molecule has 0 saturated heterocycles. The Kier molecular flexibility index (Phi) is 4.38. The molecule has 7 heteroatoms. The quantitative estimate of drug-likeness (QED) is 0.645. The normalized spacial score (nSPS) is 18.7. The van der Waals surface area contributed by atoms with Crippen molar-refractivity contribution < 1.29 is 19.4 Å². The zero-order valence-corrected chi connectivity index (χ0v) is 16.9. The second-order valence-corrected chi connectivity index (χ2v) is 7.61. The van der Waals surface area contributed by atoms with Crippen LogP contribution < -0.4 is 10.1 Å². The zero-order chi connectivity index (χ0) is 20.8. The largest absolute Gasteiger partial charge is 0.504 e. The first-order valence-corrected chi connectivity index (χ1v) is 10.1. The van der Waals surface area contributed by atoms with Gasteiger partial charge in [-0.1, -0.05) is 24.3 Å². The number of aromatic nitrogens is 2. The van der Waals surface area contributed by atoms with E-state index < -0.39 is 5.97 Å². The first-order chi connectivity index (χ1) is 14.6.